The Balaban J connectivity index is 3.46. The Morgan fingerprint density at radius 2 is 0.763 bits per heavy atom. The Morgan fingerprint density at radius 3 is 1.15 bits per heavy atom. The van der Waals surface area contributed by atoms with Crippen molar-refractivity contribution in [3.63, 3.8) is 0 Å². The van der Waals surface area contributed by atoms with Crippen molar-refractivity contribution < 1.29 is 19.4 Å². The van der Waals surface area contributed by atoms with E-state index in [1.807, 2.05) is 0 Å². The topological polar surface area (TPSA) is 55.8 Å². The predicted octanol–water partition coefficient (Wildman–Crippen LogP) is 17.1. The second-order valence-electron chi connectivity index (χ2n) is 16.5. The lowest BCUT2D eigenvalue weighted by molar-refractivity contribution is -0.154. The summed E-state index contributed by atoms with van der Waals surface area (Å²) in [5.74, 6) is -0.208. The number of aliphatic hydroxyl groups excluding tert-OH is 1. The van der Waals surface area contributed by atoms with E-state index < -0.39 is 6.10 Å². The molecule has 0 spiro atoms. The first-order valence-electron chi connectivity index (χ1n) is 25.2. The molecule has 0 amide bonds. The molecule has 0 aliphatic heterocycles. The molecule has 1 atom stereocenters. The van der Waals surface area contributed by atoms with Crippen LogP contribution in [0.1, 0.15) is 232 Å². The number of unbranched alkanes of at least 4 members (excludes halogenated alkanes) is 24. The summed E-state index contributed by atoms with van der Waals surface area (Å²) in [5, 5.41) is 9.65. The van der Waals surface area contributed by atoms with Crippen molar-refractivity contribution in [2.75, 3.05) is 19.8 Å². The number of hydrogen-bond acceptors (Lipinski definition) is 4. The van der Waals surface area contributed by atoms with Gasteiger partial charge >= 0.3 is 5.97 Å². The van der Waals surface area contributed by atoms with E-state index in [4.69, 9.17) is 9.47 Å². The number of hydrogen-bond donors (Lipinski definition) is 1. The summed E-state index contributed by atoms with van der Waals surface area (Å²) < 4.78 is 11.2. The molecule has 0 saturated heterocycles. The monoisotopic (exact) mass is 821 g/mol. The number of allylic oxidation sites excluding steroid dienone is 14. The number of carbonyl (C=O) groups is 1. The van der Waals surface area contributed by atoms with Crippen molar-refractivity contribution in [2.45, 2.75) is 238 Å². The average Bonchev–Trinajstić information content (AvgIpc) is 3.24. The van der Waals surface area contributed by atoms with Crippen molar-refractivity contribution in [3.05, 3.63) is 85.1 Å². The van der Waals surface area contributed by atoms with E-state index in [1.165, 1.54) is 141 Å². The van der Waals surface area contributed by atoms with Gasteiger partial charge in [-0.1, -0.05) is 221 Å². The summed E-state index contributed by atoms with van der Waals surface area (Å²) in [6.45, 7) is 5.20. The van der Waals surface area contributed by atoms with Crippen LogP contribution in [0.4, 0.5) is 0 Å². The summed E-state index contributed by atoms with van der Waals surface area (Å²) in [6, 6.07) is 0. The van der Waals surface area contributed by atoms with Crippen LogP contribution in [-0.2, 0) is 14.3 Å². The van der Waals surface area contributed by atoms with E-state index in [0.29, 0.717) is 13.0 Å². The maximum Gasteiger partial charge on any atom is 0.306 e. The molecule has 0 aliphatic rings. The van der Waals surface area contributed by atoms with Crippen molar-refractivity contribution in [1.29, 1.82) is 0 Å². The first-order chi connectivity index (χ1) is 29.2. The van der Waals surface area contributed by atoms with Crippen molar-refractivity contribution >= 4 is 5.97 Å². The average molecular weight is 821 g/mol. The van der Waals surface area contributed by atoms with Gasteiger partial charge in [0.25, 0.3) is 0 Å². The molecule has 0 aliphatic carbocycles. The molecule has 340 valence electrons. The molecular formula is C55H96O4. The van der Waals surface area contributed by atoms with Gasteiger partial charge in [0.2, 0.25) is 0 Å². The second kappa shape index (κ2) is 51.7. The first-order valence-corrected chi connectivity index (χ1v) is 25.2. The van der Waals surface area contributed by atoms with Gasteiger partial charge in [-0.3, -0.25) is 4.79 Å². The molecule has 4 nitrogen and oxygen atoms in total. The van der Waals surface area contributed by atoms with Gasteiger partial charge in [0.1, 0.15) is 6.10 Å². The molecule has 0 aromatic carbocycles. The van der Waals surface area contributed by atoms with Crippen molar-refractivity contribution in [1.82, 2.24) is 0 Å². The van der Waals surface area contributed by atoms with Crippen LogP contribution in [0.3, 0.4) is 0 Å². The van der Waals surface area contributed by atoms with Gasteiger partial charge in [0.15, 0.2) is 0 Å². The van der Waals surface area contributed by atoms with Crippen LogP contribution in [0.25, 0.3) is 0 Å². The van der Waals surface area contributed by atoms with Crippen LogP contribution in [0.2, 0.25) is 0 Å². The standard InChI is InChI=1S/C55H96O4/c1-3-5-7-9-11-13-15-17-19-21-23-25-27-28-29-30-32-34-36-38-40-42-44-46-48-50-55(57)59-54(52-56)53-58-51-49-47-45-43-41-39-37-35-33-31-26-24-22-20-18-16-14-12-10-8-6-4-2/h6,8,12,14-15,17-18,20-21,23-24,26,33,35,54,56H,3-5,7,9-11,13,16,19,22,25,27-32,34,36-53H2,1-2H3/b8-6-,14-12-,17-15-,20-18-,23-21-,26-24-,35-33-. The highest BCUT2D eigenvalue weighted by Crippen LogP contribution is 2.15. The smallest absolute Gasteiger partial charge is 0.306 e. The lowest BCUT2D eigenvalue weighted by Gasteiger charge is -2.15. The summed E-state index contributed by atoms with van der Waals surface area (Å²) in [6.07, 6.45) is 72.4. The molecule has 0 fully saturated rings. The van der Waals surface area contributed by atoms with Crippen LogP contribution in [0.15, 0.2) is 85.1 Å². The quantitative estimate of drug-likeness (QED) is 0.0378. The zero-order valence-electron chi connectivity index (χ0n) is 39.0. The molecule has 0 rings (SSSR count). The third kappa shape index (κ3) is 49.8. The van der Waals surface area contributed by atoms with Crippen LogP contribution >= 0.6 is 0 Å². The fourth-order valence-electron chi connectivity index (χ4n) is 6.97. The minimum absolute atomic E-state index is 0.182. The summed E-state index contributed by atoms with van der Waals surface area (Å²) in [4.78, 5) is 12.3. The molecule has 59 heavy (non-hydrogen) atoms. The highest BCUT2D eigenvalue weighted by Gasteiger charge is 2.13. The van der Waals surface area contributed by atoms with Crippen molar-refractivity contribution in [2.24, 2.45) is 0 Å². The second-order valence-corrected chi connectivity index (χ2v) is 16.5. The Morgan fingerprint density at radius 1 is 0.424 bits per heavy atom. The van der Waals surface area contributed by atoms with E-state index in [9.17, 15) is 9.90 Å². The van der Waals surface area contributed by atoms with E-state index in [-0.39, 0.29) is 19.2 Å². The lowest BCUT2D eigenvalue weighted by Crippen LogP contribution is -2.27. The van der Waals surface area contributed by atoms with E-state index in [2.05, 4.69) is 98.9 Å². The zero-order chi connectivity index (χ0) is 42.6. The Labute approximate surface area is 367 Å². The summed E-state index contributed by atoms with van der Waals surface area (Å²) in [5.41, 5.74) is 0. The fraction of sp³-hybridized carbons (Fsp3) is 0.727. The predicted molar refractivity (Wildman–Crippen MR) is 260 cm³/mol. The number of aliphatic hydroxyl groups is 1. The lowest BCUT2D eigenvalue weighted by atomic mass is 10.0. The fourth-order valence-corrected chi connectivity index (χ4v) is 6.97. The number of rotatable bonds is 46. The molecule has 0 radical (unpaired) electrons. The number of esters is 1. The third-order valence-corrected chi connectivity index (χ3v) is 10.7. The first kappa shape index (κ1) is 56.6. The Kier molecular flexibility index (Phi) is 49.6. The molecule has 1 N–H and O–H groups in total. The normalized spacial score (nSPS) is 13.1. The molecule has 0 heterocycles. The van der Waals surface area contributed by atoms with E-state index >= 15 is 0 Å². The molecule has 0 saturated carbocycles. The molecular weight excluding hydrogens is 725 g/mol. The van der Waals surface area contributed by atoms with Gasteiger partial charge < -0.3 is 14.6 Å². The van der Waals surface area contributed by atoms with Crippen LogP contribution in [0.5, 0.6) is 0 Å². The van der Waals surface area contributed by atoms with Gasteiger partial charge in [-0.05, 0) is 89.9 Å². The van der Waals surface area contributed by atoms with Crippen LogP contribution in [-0.4, -0.2) is 37.0 Å². The zero-order valence-corrected chi connectivity index (χ0v) is 39.0. The van der Waals surface area contributed by atoms with E-state index in [0.717, 1.165) is 70.6 Å². The highest BCUT2D eigenvalue weighted by molar-refractivity contribution is 5.69. The SMILES string of the molecule is CC/C=C\C/C=C\C/C=C\C/C=C\C/C=C\CCCCCCCCOCC(CO)OC(=O)CCCCCCCCCCCCCCC/C=C\C/C=C\CCCCCCC. The van der Waals surface area contributed by atoms with Gasteiger partial charge in [0, 0.05) is 13.0 Å². The third-order valence-electron chi connectivity index (χ3n) is 10.7. The maximum absolute atomic E-state index is 12.3. The highest BCUT2D eigenvalue weighted by atomic mass is 16.6. The minimum Gasteiger partial charge on any atom is -0.457 e. The molecule has 0 aromatic heterocycles. The van der Waals surface area contributed by atoms with Gasteiger partial charge in [-0.25, -0.2) is 0 Å². The molecule has 4 heteroatoms. The van der Waals surface area contributed by atoms with E-state index in [1.54, 1.807) is 0 Å². The molecule has 0 aromatic rings. The van der Waals surface area contributed by atoms with Crippen LogP contribution in [0, 0.1) is 0 Å². The number of carbonyl (C=O) groups excluding carboxylic acids is 1. The van der Waals surface area contributed by atoms with Crippen LogP contribution < -0.4 is 0 Å². The number of ether oxygens (including phenoxy) is 2. The largest absolute Gasteiger partial charge is 0.457 e. The summed E-state index contributed by atoms with van der Waals surface area (Å²) in [7, 11) is 0. The summed E-state index contributed by atoms with van der Waals surface area (Å²) >= 11 is 0. The van der Waals surface area contributed by atoms with Crippen molar-refractivity contribution in [3.8, 4) is 0 Å². The van der Waals surface area contributed by atoms with Gasteiger partial charge in [0.05, 0.1) is 13.2 Å². The molecule has 0 bridgehead atoms. The Hall–Kier alpha value is -2.43. The maximum atomic E-state index is 12.3. The van der Waals surface area contributed by atoms with Gasteiger partial charge in [-0.2, -0.15) is 0 Å². The molecule has 1 unspecified atom stereocenters. The van der Waals surface area contributed by atoms with Gasteiger partial charge in [-0.15, -0.1) is 0 Å². The Bertz CT molecular complexity index is 1050. The minimum atomic E-state index is -0.548.